The second-order valence-electron chi connectivity index (χ2n) is 6.78. The molecule has 1 atom stereocenters. The number of nitrogens with one attached hydrogen (secondary N) is 1. The number of aromatic carboxylic acids is 1. The van der Waals surface area contributed by atoms with E-state index in [2.05, 4.69) is 5.32 Å². The van der Waals surface area contributed by atoms with Crippen LogP contribution in [0.4, 0.5) is 0 Å². The highest BCUT2D eigenvalue weighted by Crippen LogP contribution is 2.22. The van der Waals surface area contributed by atoms with Crippen LogP contribution in [-0.4, -0.2) is 29.6 Å². The minimum Gasteiger partial charge on any atom is -0.478 e. The summed E-state index contributed by atoms with van der Waals surface area (Å²) < 4.78 is 0. The summed E-state index contributed by atoms with van der Waals surface area (Å²) in [6.07, 6.45) is 0.487. The van der Waals surface area contributed by atoms with E-state index in [-0.39, 0.29) is 16.9 Å². The molecular formula is C20H24N2O3. The zero-order valence-corrected chi connectivity index (χ0v) is 14.5. The van der Waals surface area contributed by atoms with Crippen LogP contribution in [-0.2, 0) is 16.6 Å². The molecule has 0 radical (unpaired) electrons. The molecule has 0 saturated carbocycles. The third kappa shape index (κ3) is 5.16. The van der Waals surface area contributed by atoms with Gasteiger partial charge in [-0.25, -0.2) is 4.79 Å². The third-order valence-electron chi connectivity index (χ3n) is 4.25. The molecule has 2 rings (SSSR count). The van der Waals surface area contributed by atoms with E-state index in [0.29, 0.717) is 13.0 Å². The predicted octanol–water partition coefficient (Wildman–Crippen LogP) is 2.35. The number of carboxylic acids is 1. The monoisotopic (exact) mass is 340 g/mol. The van der Waals surface area contributed by atoms with Gasteiger partial charge in [0.2, 0.25) is 5.91 Å². The normalized spacial score (nSPS) is 12.4. The Balaban J connectivity index is 1.93. The summed E-state index contributed by atoms with van der Waals surface area (Å²) in [5, 5.41) is 11.9. The first-order valence-electron chi connectivity index (χ1n) is 8.20. The number of rotatable bonds is 7. The van der Waals surface area contributed by atoms with Crippen LogP contribution in [0.5, 0.6) is 0 Å². The van der Waals surface area contributed by atoms with Crippen molar-refractivity contribution >= 4 is 11.9 Å². The SMILES string of the molecule is CC(C)(CNC(=O)[C@@H](N)Cc1ccccc1)c1ccc(C(=O)O)cc1. The Kier molecular flexibility index (Phi) is 5.93. The van der Waals surface area contributed by atoms with E-state index in [4.69, 9.17) is 10.8 Å². The van der Waals surface area contributed by atoms with Gasteiger partial charge in [0.05, 0.1) is 11.6 Å². The van der Waals surface area contributed by atoms with Gasteiger partial charge in [0.1, 0.15) is 0 Å². The second kappa shape index (κ2) is 7.94. The van der Waals surface area contributed by atoms with Crippen molar-refractivity contribution in [3.63, 3.8) is 0 Å². The van der Waals surface area contributed by atoms with Crippen molar-refractivity contribution in [2.45, 2.75) is 31.7 Å². The molecule has 0 spiro atoms. The van der Waals surface area contributed by atoms with Crippen molar-refractivity contribution in [2.75, 3.05) is 6.54 Å². The first kappa shape index (κ1) is 18.7. The summed E-state index contributed by atoms with van der Waals surface area (Å²) >= 11 is 0. The quantitative estimate of drug-likeness (QED) is 0.721. The predicted molar refractivity (Wildman–Crippen MR) is 97.6 cm³/mol. The topological polar surface area (TPSA) is 92.4 Å². The maximum absolute atomic E-state index is 12.3. The van der Waals surface area contributed by atoms with Gasteiger partial charge in [0, 0.05) is 12.0 Å². The number of carboxylic acid groups (broad SMARTS) is 1. The molecule has 0 heterocycles. The lowest BCUT2D eigenvalue weighted by molar-refractivity contribution is -0.122. The van der Waals surface area contributed by atoms with Crippen molar-refractivity contribution < 1.29 is 14.7 Å². The molecule has 25 heavy (non-hydrogen) atoms. The first-order valence-corrected chi connectivity index (χ1v) is 8.20. The Morgan fingerprint density at radius 1 is 1.08 bits per heavy atom. The second-order valence-corrected chi connectivity index (χ2v) is 6.78. The van der Waals surface area contributed by atoms with Gasteiger partial charge in [0.25, 0.3) is 0 Å². The number of amides is 1. The molecule has 1 amide bonds. The smallest absolute Gasteiger partial charge is 0.335 e. The lowest BCUT2D eigenvalue weighted by atomic mass is 9.84. The Hall–Kier alpha value is -2.66. The molecular weight excluding hydrogens is 316 g/mol. The summed E-state index contributed by atoms with van der Waals surface area (Å²) in [5.41, 5.74) is 7.88. The van der Waals surface area contributed by atoms with Crippen LogP contribution in [0.25, 0.3) is 0 Å². The molecule has 0 aliphatic heterocycles. The number of nitrogens with two attached hydrogens (primary N) is 1. The molecule has 5 heteroatoms. The number of carbonyl (C=O) groups is 2. The minimum atomic E-state index is -0.954. The maximum atomic E-state index is 12.3. The van der Waals surface area contributed by atoms with Crippen molar-refractivity contribution in [1.82, 2.24) is 5.32 Å². The van der Waals surface area contributed by atoms with Gasteiger partial charge in [0.15, 0.2) is 0 Å². The summed E-state index contributed by atoms with van der Waals surface area (Å²) in [4.78, 5) is 23.2. The minimum absolute atomic E-state index is 0.195. The standard InChI is InChI=1S/C20H24N2O3/c1-20(2,16-10-8-15(9-11-16)19(24)25)13-22-18(23)17(21)12-14-6-4-3-5-7-14/h3-11,17H,12-13,21H2,1-2H3,(H,22,23)(H,24,25)/t17-/m0/s1. The van der Waals surface area contributed by atoms with Gasteiger partial charge in [-0.2, -0.15) is 0 Å². The van der Waals surface area contributed by atoms with Gasteiger partial charge in [-0.3, -0.25) is 4.79 Å². The lowest BCUT2D eigenvalue weighted by Crippen LogP contribution is -2.46. The van der Waals surface area contributed by atoms with Crippen molar-refractivity contribution in [3.8, 4) is 0 Å². The van der Waals surface area contributed by atoms with Crippen LogP contribution in [0.3, 0.4) is 0 Å². The fourth-order valence-corrected chi connectivity index (χ4v) is 2.57. The average molecular weight is 340 g/mol. The van der Waals surface area contributed by atoms with Gasteiger partial charge in [-0.1, -0.05) is 56.3 Å². The van der Waals surface area contributed by atoms with Crippen LogP contribution in [0.1, 0.15) is 35.3 Å². The van der Waals surface area contributed by atoms with E-state index in [1.807, 2.05) is 44.2 Å². The molecule has 0 aromatic heterocycles. The molecule has 0 unspecified atom stereocenters. The van der Waals surface area contributed by atoms with Crippen molar-refractivity contribution in [3.05, 3.63) is 71.3 Å². The lowest BCUT2D eigenvalue weighted by Gasteiger charge is -2.26. The summed E-state index contributed by atoms with van der Waals surface area (Å²) in [7, 11) is 0. The molecule has 0 bridgehead atoms. The van der Waals surface area contributed by atoms with E-state index in [9.17, 15) is 9.59 Å². The zero-order valence-electron chi connectivity index (χ0n) is 14.5. The highest BCUT2D eigenvalue weighted by Gasteiger charge is 2.23. The summed E-state index contributed by atoms with van der Waals surface area (Å²) in [6, 6.07) is 15.7. The zero-order chi connectivity index (χ0) is 18.4. The summed E-state index contributed by atoms with van der Waals surface area (Å²) in [6.45, 7) is 4.40. The Bertz CT molecular complexity index is 724. The van der Waals surface area contributed by atoms with Gasteiger partial charge in [-0.05, 0) is 29.7 Å². The Morgan fingerprint density at radius 2 is 1.68 bits per heavy atom. The molecule has 5 nitrogen and oxygen atoms in total. The van der Waals surface area contributed by atoms with Crippen LogP contribution < -0.4 is 11.1 Å². The van der Waals surface area contributed by atoms with Crippen molar-refractivity contribution in [1.29, 1.82) is 0 Å². The fourth-order valence-electron chi connectivity index (χ4n) is 2.57. The van der Waals surface area contributed by atoms with E-state index in [0.717, 1.165) is 11.1 Å². The largest absolute Gasteiger partial charge is 0.478 e. The maximum Gasteiger partial charge on any atom is 0.335 e. The van der Waals surface area contributed by atoms with Gasteiger partial charge < -0.3 is 16.2 Å². The Morgan fingerprint density at radius 3 is 2.24 bits per heavy atom. The van der Waals surface area contributed by atoms with E-state index >= 15 is 0 Å². The highest BCUT2D eigenvalue weighted by molar-refractivity contribution is 5.87. The third-order valence-corrected chi connectivity index (χ3v) is 4.25. The number of hydrogen-bond donors (Lipinski definition) is 3. The Labute approximate surface area is 147 Å². The van der Waals surface area contributed by atoms with E-state index in [1.165, 1.54) is 0 Å². The van der Waals surface area contributed by atoms with Crippen LogP contribution in [0, 0.1) is 0 Å². The summed E-state index contributed by atoms with van der Waals surface area (Å²) in [5.74, 6) is -1.15. The molecule has 2 aromatic rings. The van der Waals surface area contributed by atoms with Crippen LogP contribution >= 0.6 is 0 Å². The number of carbonyl (C=O) groups excluding carboxylic acids is 1. The number of benzene rings is 2. The fraction of sp³-hybridized carbons (Fsp3) is 0.300. The highest BCUT2D eigenvalue weighted by atomic mass is 16.4. The van der Waals surface area contributed by atoms with Gasteiger partial charge in [-0.15, -0.1) is 0 Å². The molecule has 132 valence electrons. The molecule has 4 N–H and O–H groups in total. The molecule has 0 aliphatic rings. The van der Waals surface area contributed by atoms with Gasteiger partial charge >= 0.3 is 5.97 Å². The van der Waals surface area contributed by atoms with Crippen LogP contribution in [0.2, 0.25) is 0 Å². The first-order chi connectivity index (χ1) is 11.8. The molecule has 0 aliphatic carbocycles. The van der Waals surface area contributed by atoms with E-state index < -0.39 is 12.0 Å². The molecule has 0 saturated heterocycles. The number of hydrogen-bond acceptors (Lipinski definition) is 3. The molecule has 2 aromatic carbocycles. The van der Waals surface area contributed by atoms with E-state index in [1.54, 1.807) is 24.3 Å². The van der Waals surface area contributed by atoms with Crippen molar-refractivity contribution in [2.24, 2.45) is 5.73 Å². The van der Waals surface area contributed by atoms with Crippen LogP contribution in [0.15, 0.2) is 54.6 Å². The molecule has 0 fully saturated rings. The average Bonchev–Trinajstić information content (AvgIpc) is 2.60.